The Balaban J connectivity index is 1.44. The number of carbonyl (C=O) groups is 1. The largest absolute Gasteiger partial charge is 0.416 e. The Bertz CT molecular complexity index is 1530. The number of rotatable bonds is 8. The summed E-state index contributed by atoms with van der Waals surface area (Å²) in [5.41, 5.74) is 4.27. The van der Waals surface area contributed by atoms with Gasteiger partial charge in [0.2, 0.25) is 5.95 Å². The average molecular weight is 587 g/mol. The molecule has 1 saturated carbocycles. The number of nitrogens with zero attached hydrogens (tertiary/aromatic N) is 5. The van der Waals surface area contributed by atoms with Gasteiger partial charge in [0.15, 0.2) is 14.1 Å². The van der Waals surface area contributed by atoms with Crippen LogP contribution in [0.2, 0.25) is 18.1 Å². The highest BCUT2D eigenvalue weighted by atomic mass is 28.4. The molecule has 1 amide bonds. The molecule has 0 bridgehead atoms. The number of nitrogens with one attached hydrogen (secondary N) is 3. The standard InChI is InChI=1S/C31H42N8O2Si/c1-30(2,3)42(6,7)41-19-31(4)18-35-27-21(17-32)14-20(15-23(27)31)24-12-13-34-29(36-24)37-26-16-25(28(40)33-5)39(38-26)22-10-8-9-11-22/h12-16,22,35H,8-11,18-19H2,1-7H3,(H,33,40)(H,34,36,37,38)/t31-/m1/s1. The van der Waals surface area contributed by atoms with Crippen molar-refractivity contribution >= 4 is 31.7 Å². The maximum Gasteiger partial charge on any atom is 0.269 e. The first-order valence-corrected chi connectivity index (χ1v) is 17.6. The maximum atomic E-state index is 12.6. The SMILES string of the molecule is CNC(=O)c1cc(Nc2nccc(-c3cc(C#N)c4c(c3)[C@@](C)(CO[Si](C)(C)C(C)(C)C)CN4)n2)nn1C1CCCC1. The normalized spacial score (nSPS) is 18.8. The second-order valence-electron chi connectivity index (χ2n) is 13.3. The molecule has 222 valence electrons. The van der Waals surface area contributed by atoms with Gasteiger partial charge >= 0.3 is 0 Å². The van der Waals surface area contributed by atoms with Crippen LogP contribution in [0.15, 0.2) is 30.5 Å². The molecule has 0 radical (unpaired) electrons. The molecular formula is C31H42N8O2Si. The Labute approximate surface area is 249 Å². The molecule has 1 atom stereocenters. The minimum absolute atomic E-state index is 0.107. The van der Waals surface area contributed by atoms with Gasteiger partial charge in [-0.15, -0.1) is 0 Å². The number of hydrogen-bond acceptors (Lipinski definition) is 8. The van der Waals surface area contributed by atoms with Crippen molar-refractivity contribution in [2.45, 2.75) is 83.0 Å². The monoisotopic (exact) mass is 586 g/mol. The lowest BCUT2D eigenvalue weighted by molar-refractivity contribution is 0.0949. The molecule has 2 aliphatic rings. The molecule has 5 rings (SSSR count). The van der Waals surface area contributed by atoms with E-state index in [1.165, 1.54) is 0 Å². The quantitative estimate of drug-likeness (QED) is 0.269. The molecule has 0 unspecified atom stereocenters. The highest BCUT2D eigenvalue weighted by molar-refractivity contribution is 6.74. The molecule has 0 spiro atoms. The minimum atomic E-state index is -1.96. The fraction of sp³-hybridized carbons (Fsp3) is 0.516. The fourth-order valence-corrected chi connectivity index (χ4v) is 6.60. The summed E-state index contributed by atoms with van der Waals surface area (Å²) in [5, 5.41) is 24.3. The van der Waals surface area contributed by atoms with Gasteiger partial charge in [0, 0.05) is 43.4 Å². The summed E-state index contributed by atoms with van der Waals surface area (Å²) >= 11 is 0. The summed E-state index contributed by atoms with van der Waals surface area (Å²) in [6.45, 7) is 14.7. The number of amides is 1. The lowest BCUT2D eigenvalue weighted by atomic mass is 9.83. The van der Waals surface area contributed by atoms with Gasteiger partial charge in [-0.2, -0.15) is 10.4 Å². The molecule has 1 aliphatic heterocycles. The molecule has 0 saturated heterocycles. The predicted molar refractivity (Wildman–Crippen MR) is 168 cm³/mol. The lowest BCUT2D eigenvalue weighted by Gasteiger charge is -2.39. The third-order valence-electron chi connectivity index (χ3n) is 9.18. The Morgan fingerprint density at radius 2 is 2.00 bits per heavy atom. The van der Waals surface area contributed by atoms with E-state index in [-0.39, 0.29) is 22.4 Å². The van der Waals surface area contributed by atoms with Gasteiger partial charge in [-0.3, -0.25) is 9.48 Å². The van der Waals surface area contributed by atoms with Crippen molar-refractivity contribution in [3.8, 4) is 17.3 Å². The number of carbonyl (C=O) groups excluding carboxylic acids is 1. The maximum absolute atomic E-state index is 12.6. The average Bonchev–Trinajstić information content (AvgIpc) is 3.70. The second-order valence-corrected chi connectivity index (χ2v) is 18.1. The van der Waals surface area contributed by atoms with Crippen molar-refractivity contribution in [3.05, 3.63) is 47.3 Å². The predicted octanol–water partition coefficient (Wildman–Crippen LogP) is 6.14. The Hall–Kier alpha value is -3.75. The van der Waals surface area contributed by atoms with Crippen LogP contribution in [0.25, 0.3) is 11.3 Å². The summed E-state index contributed by atoms with van der Waals surface area (Å²) in [6, 6.07) is 10.2. The highest BCUT2D eigenvalue weighted by Gasteiger charge is 2.42. The first kappa shape index (κ1) is 29.7. The van der Waals surface area contributed by atoms with Gasteiger partial charge < -0.3 is 20.4 Å². The van der Waals surface area contributed by atoms with Crippen LogP contribution in [-0.2, 0) is 9.84 Å². The Morgan fingerprint density at radius 1 is 1.26 bits per heavy atom. The Morgan fingerprint density at radius 3 is 2.67 bits per heavy atom. The van der Waals surface area contributed by atoms with Gasteiger partial charge in [0.1, 0.15) is 11.8 Å². The van der Waals surface area contributed by atoms with E-state index in [4.69, 9.17) is 14.5 Å². The summed E-state index contributed by atoms with van der Waals surface area (Å²) < 4.78 is 8.49. The third-order valence-corrected chi connectivity index (χ3v) is 13.7. The van der Waals surface area contributed by atoms with Gasteiger partial charge in [0.25, 0.3) is 5.91 Å². The molecule has 1 aliphatic carbocycles. The van der Waals surface area contributed by atoms with Crippen molar-refractivity contribution < 1.29 is 9.22 Å². The van der Waals surface area contributed by atoms with Crippen LogP contribution < -0.4 is 16.0 Å². The zero-order valence-corrected chi connectivity index (χ0v) is 26.8. The van der Waals surface area contributed by atoms with Crippen molar-refractivity contribution in [1.82, 2.24) is 25.1 Å². The van der Waals surface area contributed by atoms with Crippen molar-refractivity contribution in [1.29, 1.82) is 5.26 Å². The number of fused-ring (bicyclic) bond motifs is 1. The first-order valence-electron chi connectivity index (χ1n) is 14.7. The van der Waals surface area contributed by atoms with E-state index in [0.29, 0.717) is 41.9 Å². The fourth-order valence-electron chi connectivity index (χ4n) is 5.48. The summed E-state index contributed by atoms with van der Waals surface area (Å²) in [4.78, 5) is 21.8. The van der Waals surface area contributed by atoms with Crippen LogP contribution in [0.3, 0.4) is 0 Å². The molecule has 1 fully saturated rings. The molecule has 3 aromatic rings. The zero-order chi connectivity index (χ0) is 30.3. The van der Waals surface area contributed by atoms with Crippen LogP contribution in [-0.4, -0.2) is 54.2 Å². The molecule has 3 N–H and O–H groups in total. The van der Waals surface area contributed by atoms with Crippen molar-refractivity contribution in [2.75, 3.05) is 30.8 Å². The first-order chi connectivity index (χ1) is 19.8. The molecule has 1 aromatic carbocycles. The van der Waals surface area contributed by atoms with E-state index in [0.717, 1.165) is 42.5 Å². The minimum Gasteiger partial charge on any atom is -0.416 e. The van der Waals surface area contributed by atoms with E-state index >= 15 is 0 Å². The number of benzene rings is 1. The van der Waals surface area contributed by atoms with Crippen LogP contribution in [0.1, 0.15) is 81.0 Å². The van der Waals surface area contributed by atoms with E-state index in [9.17, 15) is 10.1 Å². The molecule has 42 heavy (non-hydrogen) atoms. The zero-order valence-electron chi connectivity index (χ0n) is 25.8. The molecule has 2 aromatic heterocycles. The number of hydrogen-bond donors (Lipinski definition) is 3. The van der Waals surface area contributed by atoms with E-state index in [2.05, 4.69) is 73.9 Å². The molecule has 3 heterocycles. The molecular weight excluding hydrogens is 544 g/mol. The van der Waals surface area contributed by atoms with Crippen molar-refractivity contribution in [3.63, 3.8) is 0 Å². The van der Waals surface area contributed by atoms with Crippen LogP contribution in [0.4, 0.5) is 17.5 Å². The van der Waals surface area contributed by atoms with Crippen LogP contribution >= 0.6 is 0 Å². The summed E-state index contributed by atoms with van der Waals surface area (Å²) in [5.74, 6) is 0.713. The van der Waals surface area contributed by atoms with Crippen LogP contribution in [0.5, 0.6) is 0 Å². The number of aromatic nitrogens is 4. The van der Waals surface area contributed by atoms with Gasteiger partial charge in [-0.05, 0) is 54.7 Å². The Kier molecular flexibility index (Phi) is 7.89. The molecule has 10 nitrogen and oxygen atoms in total. The smallest absolute Gasteiger partial charge is 0.269 e. The van der Waals surface area contributed by atoms with E-state index in [1.54, 1.807) is 19.3 Å². The highest BCUT2D eigenvalue weighted by Crippen LogP contribution is 2.44. The summed E-state index contributed by atoms with van der Waals surface area (Å²) in [7, 11) is -0.335. The van der Waals surface area contributed by atoms with E-state index in [1.807, 2.05) is 16.8 Å². The lowest BCUT2D eigenvalue weighted by Crippen LogP contribution is -2.45. The van der Waals surface area contributed by atoms with Gasteiger partial charge in [0.05, 0.1) is 23.0 Å². The number of nitriles is 1. The molecule has 11 heteroatoms. The topological polar surface area (TPSA) is 130 Å². The van der Waals surface area contributed by atoms with Gasteiger partial charge in [-0.1, -0.05) is 40.5 Å². The second kappa shape index (κ2) is 11.2. The third kappa shape index (κ3) is 5.65. The van der Waals surface area contributed by atoms with E-state index < -0.39 is 8.32 Å². The van der Waals surface area contributed by atoms with Crippen molar-refractivity contribution in [2.24, 2.45) is 0 Å². The van der Waals surface area contributed by atoms with Gasteiger partial charge in [-0.25, -0.2) is 9.97 Å². The summed E-state index contributed by atoms with van der Waals surface area (Å²) in [6.07, 6.45) is 5.97. The van der Waals surface area contributed by atoms with Crippen LogP contribution in [0, 0.1) is 11.3 Å². The number of anilines is 3.